The first-order valence-electron chi connectivity index (χ1n) is 3.41. The van der Waals surface area contributed by atoms with Crippen LogP contribution in [0.4, 0.5) is 8.78 Å². The Kier molecular flexibility index (Phi) is 2.79. The van der Waals surface area contributed by atoms with Gasteiger partial charge in [-0.15, -0.1) is 0 Å². The summed E-state index contributed by atoms with van der Waals surface area (Å²) >= 11 is 5.48. The molecule has 1 heterocycles. The third-order valence-corrected chi connectivity index (χ3v) is 1.82. The first-order valence-corrected chi connectivity index (χ1v) is 3.79. The van der Waals surface area contributed by atoms with Gasteiger partial charge in [-0.1, -0.05) is 11.6 Å². The van der Waals surface area contributed by atoms with Crippen molar-refractivity contribution in [2.75, 3.05) is 0 Å². The first-order chi connectivity index (χ1) is 6.06. The zero-order valence-corrected chi connectivity index (χ0v) is 7.44. The summed E-state index contributed by atoms with van der Waals surface area (Å²) in [7, 11) is 0. The van der Waals surface area contributed by atoms with Crippen molar-refractivity contribution in [1.29, 1.82) is 5.26 Å². The molecule has 1 rings (SSSR count). The lowest BCUT2D eigenvalue weighted by atomic mass is 10.1. The van der Waals surface area contributed by atoms with Gasteiger partial charge in [0.05, 0.1) is 5.56 Å². The van der Waals surface area contributed by atoms with Crippen molar-refractivity contribution in [2.24, 2.45) is 0 Å². The van der Waals surface area contributed by atoms with E-state index in [-0.39, 0.29) is 22.0 Å². The van der Waals surface area contributed by atoms with E-state index in [0.717, 1.165) is 0 Å². The van der Waals surface area contributed by atoms with Gasteiger partial charge in [0, 0.05) is 0 Å². The number of rotatable bonds is 1. The van der Waals surface area contributed by atoms with Gasteiger partial charge >= 0.3 is 0 Å². The maximum atomic E-state index is 12.2. The van der Waals surface area contributed by atoms with Gasteiger partial charge in [0.1, 0.15) is 16.9 Å². The number of hydrogen-bond acceptors (Lipinski definition) is 2. The van der Waals surface area contributed by atoms with Crippen molar-refractivity contribution in [3.63, 3.8) is 0 Å². The highest BCUT2D eigenvalue weighted by Crippen LogP contribution is 2.24. The Morgan fingerprint density at radius 2 is 2.23 bits per heavy atom. The molecule has 0 saturated carbocycles. The lowest BCUT2D eigenvalue weighted by Gasteiger charge is -2.04. The molecule has 0 aromatic carbocycles. The number of halogens is 3. The number of alkyl halides is 2. The molecular weight excluding hydrogens is 198 g/mol. The molecule has 0 N–H and O–H groups in total. The predicted octanol–water partition coefficient (Wildman–Crippen LogP) is 2.85. The van der Waals surface area contributed by atoms with E-state index in [4.69, 9.17) is 16.9 Å². The fourth-order valence-corrected chi connectivity index (χ4v) is 1.09. The second-order valence-corrected chi connectivity index (χ2v) is 2.80. The highest BCUT2D eigenvalue weighted by atomic mass is 35.5. The van der Waals surface area contributed by atoms with Crippen LogP contribution in [0.3, 0.4) is 0 Å². The molecule has 0 aliphatic heterocycles. The fraction of sp³-hybridized carbons (Fsp3) is 0.250. The van der Waals surface area contributed by atoms with Gasteiger partial charge in [-0.25, -0.2) is 13.8 Å². The Morgan fingerprint density at radius 1 is 1.62 bits per heavy atom. The fourth-order valence-electron chi connectivity index (χ4n) is 0.903. The molecular formula is C8H5ClF2N2. The number of hydrogen-bond donors (Lipinski definition) is 0. The molecule has 0 amide bonds. The van der Waals surface area contributed by atoms with Gasteiger partial charge < -0.3 is 0 Å². The minimum absolute atomic E-state index is 0.114. The van der Waals surface area contributed by atoms with Gasteiger partial charge in [-0.2, -0.15) is 5.26 Å². The molecule has 1 aromatic heterocycles. The maximum Gasteiger partial charge on any atom is 0.280 e. The molecule has 0 radical (unpaired) electrons. The average molecular weight is 203 g/mol. The molecule has 0 spiro atoms. The average Bonchev–Trinajstić information content (AvgIpc) is 2.07. The highest BCUT2D eigenvalue weighted by Gasteiger charge is 2.15. The first kappa shape index (κ1) is 9.87. The van der Waals surface area contributed by atoms with Crippen molar-refractivity contribution in [3.8, 4) is 6.07 Å². The van der Waals surface area contributed by atoms with Crippen LogP contribution in [0.1, 0.15) is 23.2 Å². The van der Waals surface area contributed by atoms with Crippen LogP contribution in [-0.4, -0.2) is 4.98 Å². The third-order valence-electron chi connectivity index (χ3n) is 1.53. The topological polar surface area (TPSA) is 36.7 Å². The van der Waals surface area contributed by atoms with Crippen molar-refractivity contribution in [1.82, 2.24) is 4.98 Å². The highest BCUT2D eigenvalue weighted by molar-refractivity contribution is 6.30. The van der Waals surface area contributed by atoms with Crippen LogP contribution in [-0.2, 0) is 0 Å². The van der Waals surface area contributed by atoms with Crippen molar-refractivity contribution in [2.45, 2.75) is 13.3 Å². The molecule has 0 bridgehead atoms. The quantitative estimate of drug-likeness (QED) is 0.657. The second-order valence-electron chi connectivity index (χ2n) is 2.44. The van der Waals surface area contributed by atoms with Crippen LogP contribution in [0.2, 0.25) is 5.15 Å². The van der Waals surface area contributed by atoms with Crippen LogP contribution in [0.15, 0.2) is 6.07 Å². The summed E-state index contributed by atoms with van der Waals surface area (Å²) in [4.78, 5) is 3.44. The smallest absolute Gasteiger partial charge is 0.233 e. The van der Waals surface area contributed by atoms with E-state index in [1.807, 2.05) is 0 Å². The minimum Gasteiger partial charge on any atom is -0.233 e. The Labute approximate surface area is 78.8 Å². The predicted molar refractivity (Wildman–Crippen MR) is 43.7 cm³/mol. The van der Waals surface area contributed by atoms with Crippen molar-refractivity contribution < 1.29 is 8.78 Å². The van der Waals surface area contributed by atoms with Crippen molar-refractivity contribution >= 4 is 11.6 Å². The molecule has 68 valence electrons. The molecule has 2 nitrogen and oxygen atoms in total. The van der Waals surface area contributed by atoms with E-state index in [9.17, 15) is 8.78 Å². The molecule has 5 heteroatoms. The van der Waals surface area contributed by atoms with Gasteiger partial charge in [0.2, 0.25) is 0 Å². The number of nitriles is 1. The molecule has 0 atom stereocenters. The zero-order chi connectivity index (χ0) is 10.0. The summed E-state index contributed by atoms with van der Waals surface area (Å²) in [6, 6.07) is 3.07. The van der Waals surface area contributed by atoms with E-state index in [1.165, 1.54) is 13.0 Å². The summed E-state index contributed by atoms with van der Waals surface area (Å²) in [6.45, 7) is 1.46. The Bertz CT molecular complexity index is 371. The molecule has 13 heavy (non-hydrogen) atoms. The molecule has 0 aliphatic carbocycles. The third kappa shape index (κ3) is 1.93. The van der Waals surface area contributed by atoms with Crippen molar-refractivity contribution in [3.05, 3.63) is 28.0 Å². The van der Waals surface area contributed by atoms with Crippen LogP contribution < -0.4 is 0 Å². The molecule has 0 aliphatic rings. The maximum absolute atomic E-state index is 12.2. The number of nitrogens with zero attached hydrogens (tertiary/aromatic N) is 2. The van der Waals surface area contributed by atoms with E-state index in [0.29, 0.717) is 0 Å². The van der Waals surface area contributed by atoms with Gasteiger partial charge in [0.15, 0.2) is 0 Å². The Morgan fingerprint density at radius 3 is 2.69 bits per heavy atom. The largest absolute Gasteiger partial charge is 0.280 e. The summed E-state index contributed by atoms with van der Waals surface area (Å²) in [5.41, 5.74) is 0.0171. The van der Waals surface area contributed by atoms with E-state index in [1.54, 1.807) is 6.07 Å². The van der Waals surface area contributed by atoms with Gasteiger partial charge in [-0.05, 0) is 18.6 Å². The summed E-state index contributed by atoms with van der Waals surface area (Å²) in [6.07, 6.45) is -2.66. The van der Waals surface area contributed by atoms with Crippen LogP contribution in [0.25, 0.3) is 0 Å². The summed E-state index contributed by atoms with van der Waals surface area (Å²) in [5, 5.41) is 8.33. The van der Waals surface area contributed by atoms with Crippen LogP contribution in [0.5, 0.6) is 0 Å². The number of pyridine rings is 1. The molecule has 0 saturated heterocycles. The SMILES string of the molecule is Cc1cc(C#N)c(Cl)nc1C(F)F. The standard InChI is InChI=1S/C8H5ClF2N2/c1-4-2-5(3-12)7(9)13-6(4)8(10)11/h2,8H,1H3. The number of aromatic nitrogens is 1. The Hall–Kier alpha value is -1.21. The van der Waals surface area contributed by atoms with E-state index >= 15 is 0 Å². The summed E-state index contributed by atoms with van der Waals surface area (Å²) in [5.74, 6) is 0. The minimum atomic E-state index is -2.66. The monoisotopic (exact) mass is 202 g/mol. The Balaban J connectivity index is 3.31. The lowest BCUT2D eigenvalue weighted by Crippen LogP contribution is -1.96. The lowest BCUT2D eigenvalue weighted by molar-refractivity contribution is 0.145. The molecule has 0 unspecified atom stereocenters. The van der Waals surface area contributed by atoms with E-state index < -0.39 is 6.43 Å². The van der Waals surface area contributed by atoms with Gasteiger partial charge in [0.25, 0.3) is 6.43 Å². The number of aryl methyl sites for hydroxylation is 1. The second kappa shape index (κ2) is 3.67. The van der Waals surface area contributed by atoms with Crippen LogP contribution >= 0.6 is 11.6 Å². The van der Waals surface area contributed by atoms with E-state index in [2.05, 4.69) is 4.98 Å². The normalized spacial score (nSPS) is 10.2. The van der Waals surface area contributed by atoms with Gasteiger partial charge in [-0.3, -0.25) is 0 Å². The molecule has 0 fully saturated rings. The summed E-state index contributed by atoms with van der Waals surface area (Å²) < 4.78 is 24.5. The zero-order valence-electron chi connectivity index (χ0n) is 6.68. The molecule has 1 aromatic rings. The van der Waals surface area contributed by atoms with Crippen LogP contribution in [0, 0.1) is 18.3 Å².